The molecule has 1 heterocycles. The molecule has 4 aliphatic carbocycles. The normalized spacial score (nSPS) is 39.7. The van der Waals surface area contributed by atoms with Gasteiger partial charge in [0.2, 0.25) is 5.89 Å². The number of hydrogen-bond donors (Lipinski definition) is 1. The molecule has 5 rings (SSSR count). The van der Waals surface area contributed by atoms with Crippen LogP contribution in [0.3, 0.4) is 0 Å². The second-order valence-corrected chi connectivity index (χ2v) is 9.00. The summed E-state index contributed by atoms with van der Waals surface area (Å²) in [6.07, 6.45) is 8.11. The Morgan fingerprint density at radius 1 is 1.10 bits per heavy atom. The molecular formula is C17H27N3O. The topological polar surface area (TPSA) is 64.9 Å². The van der Waals surface area contributed by atoms with Crippen molar-refractivity contribution in [1.29, 1.82) is 0 Å². The van der Waals surface area contributed by atoms with Crippen LogP contribution in [0.4, 0.5) is 0 Å². The third-order valence-corrected chi connectivity index (χ3v) is 6.15. The van der Waals surface area contributed by atoms with Gasteiger partial charge in [-0.1, -0.05) is 25.9 Å². The Balaban J connectivity index is 1.64. The molecule has 1 aromatic rings. The minimum absolute atomic E-state index is 0.0503. The average Bonchev–Trinajstić information content (AvgIpc) is 2.85. The van der Waals surface area contributed by atoms with E-state index in [1.807, 2.05) is 0 Å². The highest BCUT2D eigenvalue weighted by atomic mass is 16.5. The van der Waals surface area contributed by atoms with Crippen LogP contribution in [-0.2, 0) is 5.41 Å². The second kappa shape index (κ2) is 4.31. The van der Waals surface area contributed by atoms with E-state index in [0.29, 0.717) is 5.89 Å². The van der Waals surface area contributed by atoms with Gasteiger partial charge in [-0.15, -0.1) is 0 Å². The monoisotopic (exact) mass is 289 g/mol. The summed E-state index contributed by atoms with van der Waals surface area (Å²) in [5.74, 6) is 4.27. The molecule has 1 unspecified atom stereocenters. The first-order chi connectivity index (χ1) is 9.86. The Bertz CT molecular complexity index is 507. The summed E-state index contributed by atoms with van der Waals surface area (Å²) in [5, 5.41) is 4.37. The van der Waals surface area contributed by atoms with Gasteiger partial charge >= 0.3 is 0 Å². The molecule has 0 radical (unpaired) electrons. The lowest BCUT2D eigenvalue weighted by molar-refractivity contribution is -0.0103. The van der Waals surface area contributed by atoms with Crippen molar-refractivity contribution in [2.75, 3.05) is 0 Å². The second-order valence-electron chi connectivity index (χ2n) is 9.00. The van der Waals surface area contributed by atoms with E-state index in [-0.39, 0.29) is 16.9 Å². The SMILES string of the molecule is CC(C)(C)C(N)c1nc(C23CC4CC(CC(C4)C2)C3)no1. The number of nitrogens with two attached hydrogens (primary N) is 1. The molecule has 4 nitrogen and oxygen atoms in total. The Morgan fingerprint density at radius 2 is 1.62 bits per heavy atom. The van der Waals surface area contributed by atoms with Crippen molar-refractivity contribution in [3.63, 3.8) is 0 Å². The van der Waals surface area contributed by atoms with Gasteiger partial charge < -0.3 is 10.3 Å². The molecule has 4 fully saturated rings. The predicted octanol–water partition coefficient (Wildman–Crippen LogP) is 3.58. The van der Waals surface area contributed by atoms with Gasteiger partial charge in [0, 0.05) is 5.41 Å². The van der Waals surface area contributed by atoms with Gasteiger partial charge in [0.05, 0.1) is 6.04 Å². The van der Waals surface area contributed by atoms with Crippen molar-refractivity contribution in [1.82, 2.24) is 10.1 Å². The lowest BCUT2D eigenvalue weighted by Crippen LogP contribution is -2.49. The summed E-state index contributed by atoms with van der Waals surface area (Å²) in [6, 6.07) is -0.187. The molecule has 1 aromatic heterocycles. The van der Waals surface area contributed by atoms with Gasteiger partial charge in [-0.25, -0.2) is 0 Å². The van der Waals surface area contributed by atoms with Crippen molar-refractivity contribution < 1.29 is 4.52 Å². The molecule has 4 bridgehead atoms. The van der Waals surface area contributed by atoms with Crippen LogP contribution in [0.1, 0.15) is 77.1 Å². The maximum absolute atomic E-state index is 6.28. The summed E-state index contributed by atoms with van der Waals surface area (Å²) in [7, 11) is 0. The third-order valence-electron chi connectivity index (χ3n) is 6.15. The number of rotatable bonds is 2. The van der Waals surface area contributed by atoms with Crippen LogP contribution in [-0.4, -0.2) is 10.1 Å². The van der Waals surface area contributed by atoms with Crippen molar-refractivity contribution in [3.05, 3.63) is 11.7 Å². The summed E-state index contributed by atoms with van der Waals surface area (Å²) in [5.41, 5.74) is 6.43. The highest BCUT2D eigenvalue weighted by Crippen LogP contribution is 2.60. The van der Waals surface area contributed by atoms with Gasteiger partial charge in [-0.2, -0.15) is 4.98 Å². The maximum atomic E-state index is 6.28. The zero-order valence-electron chi connectivity index (χ0n) is 13.4. The first-order valence-electron chi connectivity index (χ1n) is 8.45. The Labute approximate surface area is 126 Å². The smallest absolute Gasteiger partial charge is 0.244 e. The van der Waals surface area contributed by atoms with E-state index in [1.165, 1.54) is 38.5 Å². The molecule has 116 valence electrons. The molecule has 21 heavy (non-hydrogen) atoms. The van der Waals surface area contributed by atoms with Crippen LogP contribution in [0.25, 0.3) is 0 Å². The number of nitrogens with zero attached hydrogens (tertiary/aromatic N) is 2. The van der Waals surface area contributed by atoms with Crippen molar-refractivity contribution in [2.45, 2.75) is 70.8 Å². The molecule has 0 saturated heterocycles. The van der Waals surface area contributed by atoms with Gasteiger partial charge in [0.25, 0.3) is 0 Å². The highest BCUT2D eigenvalue weighted by molar-refractivity contribution is 5.17. The molecule has 1 atom stereocenters. The minimum atomic E-state index is -0.187. The molecule has 0 aliphatic heterocycles. The first-order valence-corrected chi connectivity index (χ1v) is 8.45. The van der Waals surface area contributed by atoms with Gasteiger partial charge in [0.15, 0.2) is 5.82 Å². The van der Waals surface area contributed by atoms with Crippen LogP contribution in [0.2, 0.25) is 0 Å². The molecular weight excluding hydrogens is 262 g/mol. The standard InChI is InChI=1S/C17H27N3O/c1-16(2,3)13(18)14-19-15(20-21-14)17-7-10-4-11(8-17)6-12(5-10)9-17/h10-13H,4-9,18H2,1-3H3. The molecule has 0 aromatic carbocycles. The van der Waals surface area contributed by atoms with Gasteiger partial charge in [0.1, 0.15) is 0 Å². The lowest BCUT2D eigenvalue weighted by atomic mass is 9.49. The van der Waals surface area contributed by atoms with E-state index in [1.54, 1.807) is 0 Å². The first kappa shape index (κ1) is 13.7. The van der Waals surface area contributed by atoms with E-state index < -0.39 is 0 Å². The van der Waals surface area contributed by atoms with Crippen molar-refractivity contribution >= 4 is 0 Å². The molecule has 4 heteroatoms. The van der Waals surface area contributed by atoms with Crippen LogP contribution < -0.4 is 5.73 Å². The van der Waals surface area contributed by atoms with Crippen LogP contribution in [0, 0.1) is 23.2 Å². The van der Waals surface area contributed by atoms with Crippen molar-refractivity contribution in [3.8, 4) is 0 Å². The van der Waals surface area contributed by atoms with Crippen LogP contribution in [0.5, 0.6) is 0 Å². The zero-order valence-corrected chi connectivity index (χ0v) is 13.4. The van der Waals surface area contributed by atoms with E-state index in [2.05, 4.69) is 25.9 Å². The van der Waals surface area contributed by atoms with Crippen molar-refractivity contribution in [2.24, 2.45) is 28.9 Å². The minimum Gasteiger partial charge on any atom is -0.338 e. The quantitative estimate of drug-likeness (QED) is 0.903. The van der Waals surface area contributed by atoms with E-state index in [0.717, 1.165) is 23.6 Å². The number of hydrogen-bond acceptors (Lipinski definition) is 4. The lowest BCUT2D eigenvalue weighted by Gasteiger charge is -2.55. The van der Waals surface area contributed by atoms with Gasteiger partial charge in [-0.3, -0.25) is 0 Å². The summed E-state index contributed by atoms with van der Waals surface area (Å²) < 4.78 is 5.56. The van der Waals surface area contributed by atoms with Crippen LogP contribution in [0.15, 0.2) is 4.52 Å². The van der Waals surface area contributed by atoms with E-state index in [4.69, 9.17) is 15.2 Å². The summed E-state index contributed by atoms with van der Waals surface area (Å²) in [4.78, 5) is 4.76. The Morgan fingerprint density at radius 3 is 2.10 bits per heavy atom. The molecule has 4 saturated carbocycles. The predicted molar refractivity (Wildman–Crippen MR) is 80.5 cm³/mol. The van der Waals surface area contributed by atoms with E-state index in [9.17, 15) is 0 Å². The molecule has 4 aliphatic rings. The molecule has 2 N–H and O–H groups in total. The number of aromatic nitrogens is 2. The zero-order chi connectivity index (χ0) is 14.8. The largest absolute Gasteiger partial charge is 0.338 e. The fourth-order valence-corrected chi connectivity index (χ4v) is 5.33. The summed E-state index contributed by atoms with van der Waals surface area (Å²) >= 11 is 0. The average molecular weight is 289 g/mol. The molecule has 0 amide bonds. The maximum Gasteiger partial charge on any atom is 0.244 e. The summed E-state index contributed by atoms with van der Waals surface area (Å²) in [6.45, 7) is 6.35. The highest BCUT2D eigenvalue weighted by Gasteiger charge is 2.54. The fraction of sp³-hybridized carbons (Fsp3) is 0.882. The molecule has 0 spiro atoms. The van der Waals surface area contributed by atoms with E-state index >= 15 is 0 Å². The Kier molecular flexibility index (Phi) is 2.82. The van der Waals surface area contributed by atoms with Gasteiger partial charge in [-0.05, 0) is 61.7 Å². The third kappa shape index (κ3) is 2.14. The Hall–Kier alpha value is -0.900. The van der Waals surface area contributed by atoms with Crippen LogP contribution >= 0.6 is 0 Å². The fourth-order valence-electron chi connectivity index (χ4n) is 5.33.